The monoisotopic (exact) mass is 352 g/mol. The standard InChI is InChI=1S/C16H24N4O3S/c21-16(14-5-6-14)18-8-3-13-24(22,23)20-11-9-19(10-12-20)15-4-1-2-7-17-15/h1-2,4,7,14H,3,5-6,8-13H2,(H,18,21). The smallest absolute Gasteiger partial charge is 0.223 e. The fourth-order valence-electron chi connectivity index (χ4n) is 2.82. The normalized spacial score (nSPS) is 19.2. The van der Waals surface area contributed by atoms with Gasteiger partial charge in [-0.05, 0) is 31.4 Å². The summed E-state index contributed by atoms with van der Waals surface area (Å²) in [6.07, 6.45) is 4.13. The van der Waals surface area contributed by atoms with Crippen LogP contribution in [0.5, 0.6) is 0 Å². The number of rotatable bonds is 7. The van der Waals surface area contributed by atoms with E-state index in [1.165, 1.54) is 0 Å². The molecule has 1 aromatic rings. The molecule has 1 amide bonds. The number of pyridine rings is 1. The summed E-state index contributed by atoms with van der Waals surface area (Å²) < 4.78 is 26.3. The number of hydrogen-bond acceptors (Lipinski definition) is 5. The highest BCUT2D eigenvalue weighted by Crippen LogP contribution is 2.28. The number of aromatic nitrogens is 1. The van der Waals surface area contributed by atoms with Gasteiger partial charge in [-0.25, -0.2) is 13.4 Å². The number of carbonyl (C=O) groups excluding carboxylic acids is 1. The first kappa shape index (κ1) is 17.2. The van der Waals surface area contributed by atoms with Crippen LogP contribution in [0.15, 0.2) is 24.4 Å². The molecule has 1 N–H and O–H groups in total. The Morgan fingerprint density at radius 1 is 1.21 bits per heavy atom. The Morgan fingerprint density at radius 3 is 2.58 bits per heavy atom. The second kappa shape index (κ2) is 7.48. The van der Waals surface area contributed by atoms with Gasteiger partial charge >= 0.3 is 0 Å². The van der Waals surface area contributed by atoms with Gasteiger partial charge in [-0.3, -0.25) is 4.79 Å². The summed E-state index contributed by atoms with van der Waals surface area (Å²) in [5.41, 5.74) is 0. The van der Waals surface area contributed by atoms with E-state index in [4.69, 9.17) is 0 Å². The number of sulfonamides is 1. The molecule has 132 valence electrons. The molecule has 1 saturated heterocycles. The van der Waals surface area contributed by atoms with Gasteiger partial charge in [0.25, 0.3) is 0 Å². The van der Waals surface area contributed by atoms with E-state index in [0.717, 1.165) is 18.7 Å². The van der Waals surface area contributed by atoms with Crippen LogP contribution in [0.3, 0.4) is 0 Å². The lowest BCUT2D eigenvalue weighted by molar-refractivity contribution is -0.122. The predicted octanol–water partition coefficient (Wildman–Crippen LogP) is 0.450. The van der Waals surface area contributed by atoms with Gasteiger partial charge in [0.15, 0.2) is 0 Å². The predicted molar refractivity (Wildman–Crippen MR) is 92.2 cm³/mol. The summed E-state index contributed by atoms with van der Waals surface area (Å²) in [4.78, 5) is 17.9. The third kappa shape index (κ3) is 4.45. The van der Waals surface area contributed by atoms with Crippen LogP contribution in [-0.2, 0) is 14.8 Å². The summed E-state index contributed by atoms with van der Waals surface area (Å²) in [6, 6.07) is 5.74. The third-order valence-electron chi connectivity index (χ3n) is 4.43. The lowest BCUT2D eigenvalue weighted by atomic mass is 10.3. The Kier molecular flexibility index (Phi) is 5.35. The average Bonchev–Trinajstić information content (AvgIpc) is 3.45. The van der Waals surface area contributed by atoms with E-state index in [1.54, 1.807) is 10.5 Å². The van der Waals surface area contributed by atoms with E-state index >= 15 is 0 Å². The van der Waals surface area contributed by atoms with Gasteiger partial charge < -0.3 is 10.2 Å². The molecule has 0 aromatic carbocycles. The van der Waals surface area contributed by atoms with Crippen molar-refractivity contribution in [2.24, 2.45) is 5.92 Å². The highest BCUT2D eigenvalue weighted by atomic mass is 32.2. The van der Waals surface area contributed by atoms with E-state index in [-0.39, 0.29) is 17.6 Å². The minimum Gasteiger partial charge on any atom is -0.356 e. The minimum absolute atomic E-state index is 0.0661. The fourth-order valence-corrected chi connectivity index (χ4v) is 4.31. The van der Waals surface area contributed by atoms with Crippen LogP contribution in [0.25, 0.3) is 0 Å². The Balaban J connectivity index is 1.41. The number of hydrogen-bond donors (Lipinski definition) is 1. The van der Waals surface area contributed by atoms with Crippen LogP contribution in [0, 0.1) is 5.92 Å². The zero-order valence-corrected chi connectivity index (χ0v) is 14.5. The molecule has 2 heterocycles. The Hall–Kier alpha value is -1.67. The second-order valence-corrected chi connectivity index (χ2v) is 8.40. The van der Waals surface area contributed by atoms with Crippen molar-refractivity contribution in [2.75, 3.05) is 43.4 Å². The van der Waals surface area contributed by atoms with Gasteiger partial charge in [0, 0.05) is 44.8 Å². The Labute approximate surface area is 143 Å². The number of piperazine rings is 1. The van der Waals surface area contributed by atoms with Crippen molar-refractivity contribution < 1.29 is 13.2 Å². The number of nitrogens with zero attached hydrogens (tertiary/aromatic N) is 3. The lowest BCUT2D eigenvalue weighted by Crippen LogP contribution is -2.49. The van der Waals surface area contributed by atoms with Crippen LogP contribution in [0.1, 0.15) is 19.3 Å². The van der Waals surface area contributed by atoms with Crippen molar-refractivity contribution in [1.82, 2.24) is 14.6 Å². The lowest BCUT2D eigenvalue weighted by Gasteiger charge is -2.34. The largest absolute Gasteiger partial charge is 0.356 e. The number of carbonyl (C=O) groups is 1. The first-order valence-electron chi connectivity index (χ1n) is 8.48. The molecule has 0 unspecified atom stereocenters. The highest BCUT2D eigenvalue weighted by Gasteiger charge is 2.30. The molecule has 7 nitrogen and oxygen atoms in total. The van der Waals surface area contributed by atoms with Crippen LogP contribution >= 0.6 is 0 Å². The summed E-state index contributed by atoms with van der Waals surface area (Å²) in [7, 11) is -3.26. The zero-order valence-electron chi connectivity index (χ0n) is 13.7. The van der Waals surface area contributed by atoms with E-state index in [0.29, 0.717) is 39.1 Å². The summed E-state index contributed by atoms with van der Waals surface area (Å²) in [6.45, 7) is 2.69. The van der Waals surface area contributed by atoms with E-state index < -0.39 is 10.0 Å². The summed E-state index contributed by atoms with van der Waals surface area (Å²) in [5.74, 6) is 1.21. The Morgan fingerprint density at radius 2 is 1.96 bits per heavy atom. The van der Waals surface area contributed by atoms with Gasteiger partial charge in [0.1, 0.15) is 5.82 Å². The van der Waals surface area contributed by atoms with Gasteiger partial charge in [-0.15, -0.1) is 0 Å². The van der Waals surface area contributed by atoms with Gasteiger partial charge in [-0.2, -0.15) is 4.31 Å². The fraction of sp³-hybridized carbons (Fsp3) is 0.625. The molecule has 2 aliphatic rings. The third-order valence-corrected chi connectivity index (χ3v) is 6.39. The maximum absolute atomic E-state index is 12.4. The molecule has 1 saturated carbocycles. The number of nitrogens with one attached hydrogen (secondary N) is 1. The van der Waals surface area contributed by atoms with Crippen molar-refractivity contribution in [2.45, 2.75) is 19.3 Å². The first-order valence-corrected chi connectivity index (χ1v) is 10.1. The highest BCUT2D eigenvalue weighted by molar-refractivity contribution is 7.89. The van der Waals surface area contributed by atoms with Crippen molar-refractivity contribution in [3.63, 3.8) is 0 Å². The van der Waals surface area contributed by atoms with Crippen LogP contribution in [0.4, 0.5) is 5.82 Å². The van der Waals surface area contributed by atoms with Crippen molar-refractivity contribution in [3.8, 4) is 0 Å². The molecule has 2 fully saturated rings. The molecule has 0 spiro atoms. The van der Waals surface area contributed by atoms with Crippen LogP contribution in [-0.4, -0.2) is 62.1 Å². The first-order chi connectivity index (χ1) is 11.6. The van der Waals surface area contributed by atoms with Crippen molar-refractivity contribution in [1.29, 1.82) is 0 Å². The topological polar surface area (TPSA) is 82.6 Å². The maximum atomic E-state index is 12.4. The van der Waals surface area contributed by atoms with Gasteiger partial charge in [0.2, 0.25) is 15.9 Å². The molecular weight excluding hydrogens is 328 g/mol. The molecule has 3 rings (SSSR count). The second-order valence-electron chi connectivity index (χ2n) is 6.31. The Bertz CT molecular complexity index is 653. The van der Waals surface area contributed by atoms with Gasteiger partial charge in [0.05, 0.1) is 5.75 Å². The summed E-state index contributed by atoms with van der Waals surface area (Å²) in [5, 5.41) is 2.81. The number of anilines is 1. The molecule has 0 atom stereocenters. The molecule has 0 radical (unpaired) electrons. The van der Waals surface area contributed by atoms with E-state index in [1.807, 2.05) is 18.2 Å². The molecule has 1 aliphatic carbocycles. The minimum atomic E-state index is -3.26. The molecule has 24 heavy (non-hydrogen) atoms. The SMILES string of the molecule is O=C(NCCCS(=O)(=O)N1CCN(c2ccccn2)CC1)C1CC1. The summed E-state index contributed by atoms with van der Waals surface area (Å²) >= 11 is 0. The molecule has 1 aliphatic heterocycles. The van der Waals surface area contributed by atoms with E-state index in [2.05, 4.69) is 15.2 Å². The van der Waals surface area contributed by atoms with Crippen LogP contribution in [0.2, 0.25) is 0 Å². The molecular formula is C16H24N4O3S. The van der Waals surface area contributed by atoms with Crippen molar-refractivity contribution >= 4 is 21.7 Å². The number of amides is 1. The molecule has 8 heteroatoms. The molecule has 1 aromatic heterocycles. The van der Waals surface area contributed by atoms with Crippen LogP contribution < -0.4 is 10.2 Å². The maximum Gasteiger partial charge on any atom is 0.223 e. The quantitative estimate of drug-likeness (QED) is 0.721. The van der Waals surface area contributed by atoms with Crippen molar-refractivity contribution in [3.05, 3.63) is 24.4 Å². The van der Waals surface area contributed by atoms with E-state index in [9.17, 15) is 13.2 Å². The molecule has 0 bridgehead atoms. The van der Waals surface area contributed by atoms with Gasteiger partial charge in [-0.1, -0.05) is 6.07 Å². The average molecular weight is 352 g/mol. The zero-order chi connectivity index (χ0) is 17.0.